The summed E-state index contributed by atoms with van der Waals surface area (Å²) in [6.45, 7) is 2.23. The highest BCUT2D eigenvalue weighted by Gasteiger charge is 2.12. The van der Waals surface area contributed by atoms with Gasteiger partial charge in [0.1, 0.15) is 5.82 Å². The van der Waals surface area contributed by atoms with E-state index in [2.05, 4.69) is 5.32 Å². The Hall–Kier alpha value is -2.69. The average molecular weight is 314 g/mol. The molecule has 120 valence electrons. The predicted octanol–water partition coefficient (Wildman–Crippen LogP) is 2.73. The SMILES string of the molecule is CC(=O)NCc1ccc(C(=O)N(C)Cc2cccc(F)c2)cc1. The van der Waals surface area contributed by atoms with Crippen molar-refractivity contribution in [2.24, 2.45) is 0 Å². The van der Waals surface area contributed by atoms with E-state index in [1.807, 2.05) is 0 Å². The van der Waals surface area contributed by atoms with Crippen LogP contribution in [-0.4, -0.2) is 23.8 Å². The van der Waals surface area contributed by atoms with Gasteiger partial charge in [0, 0.05) is 32.6 Å². The Morgan fingerprint density at radius 3 is 2.39 bits per heavy atom. The molecular formula is C18H19FN2O2. The number of hydrogen-bond donors (Lipinski definition) is 1. The molecule has 1 N–H and O–H groups in total. The normalized spacial score (nSPS) is 10.2. The average Bonchev–Trinajstić information content (AvgIpc) is 2.52. The van der Waals surface area contributed by atoms with Crippen molar-refractivity contribution in [2.45, 2.75) is 20.0 Å². The number of carbonyl (C=O) groups excluding carboxylic acids is 2. The second-order valence-corrected chi connectivity index (χ2v) is 5.40. The fourth-order valence-corrected chi connectivity index (χ4v) is 2.19. The van der Waals surface area contributed by atoms with E-state index in [-0.39, 0.29) is 17.6 Å². The second kappa shape index (κ2) is 7.54. The standard InChI is InChI=1S/C18H19FN2O2/c1-13(22)20-11-14-6-8-16(9-7-14)18(23)21(2)12-15-4-3-5-17(19)10-15/h3-10H,11-12H2,1-2H3,(H,20,22). The molecule has 2 aromatic rings. The summed E-state index contributed by atoms with van der Waals surface area (Å²) in [5.41, 5.74) is 2.21. The van der Waals surface area contributed by atoms with Gasteiger partial charge in [-0.25, -0.2) is 4.39 Å². The molecule has 0 heterocycles. The van der Waals surface area contributed by atoms with Crippen LogP contribution in [0.15, 0.2) is 48.5 Å². The molecule has 4 nitrogen and oxygen atoms in total. The van der Waals surface area contributed by atoms with Gasteiger partial charge in [0.2, 0.25) is 5.91 Å². The molecule has 2 rings (SSSR count). The topological polar surface area (TPSA) is 49.4 Å². The first-order chi connectivity index (χ1) is 11.0. The fourth-order valence-electron chi connectivity index (χ4n) is 2.19. The Bertz CT molecular complexity index is 698. The van der Waals surface area contributed by atoms with E-state index in [1.54, 1.807) is 43.4 Å². The van der Waals surface area contributed by atoms with Gasteiger partial charge in [-0.2, -0.15) is 0 Å². The van der Waals surface area contributed by atoms with Crippen LogP contribution in [0.3, 0.4) is 0 Å². The van der Waals surface area contributed by atoms with E-state index in [9.17, 15) is 14.0 Å². The summed E-state index contributed by atoms with van der Waals surface area (Å²) in [6.07, 6.45) is 0. The van der Waals surface area contributed by atoms with Crippen LogP contribution >= 0.6 is 0 Å². The third-order valence-electron chi connectivity index (χ3n) is 3.40. The molecule has 0 aliphatic carbocycles. The van der Waals surface area contributed by atoms with Crippen molar-refractivity contribution in [1.82, 2.24) is 10.2 Å². The maximum atomic E-state index is 13.2. The van der Waals surface area contributed by atoms with Crippen molar-refractivity contribution in [3.63, 3.8) is 0 Å². The van der Waals surface area contributed by atoms with E-state index in [1.165, 1.54) is 24.0 Å². The summed E-state index contributed by atoms with van der Waals surface area (Å²) in [4.78, 5) is 24.8. The largest absolute Gasteiger partial charge is 0.352 e. The van der Waals surface area contributed by atoms with Gasteiger partial charge in [0.15, 0.2) is 0 Å². The smallest absolute Gasteiger partial charge is 0.253 e. The lowest BCUT2D eigenvalue weighted by molar-refractivity contribution is -0.119. The van der Waals surface area contributed by atoms with Crippen LogP contribution in [0.4, 0.5) is 4.39 Å². The maximum absolute atomic E-state index is 13.2. The van der Waals surface area contributed by atoms with E-state index in [4.69, 9.17) is 0 Å². The van der Waals surface area contributed by atoms with Gasteiger partial charge in [-0.1, -0.05) is 24.3 Å². The van der Waals surface area contributed by atoms with Gasteiger partial charge in [0.25, 0.3) is 5.91 Å². The van der Waals surface area contributed by atoms with Gasteiger partial charge in [-0.15, -0.1) is 0 Å². The summed E-state index contributed by atoms with van der Waals surface area (Å²) in [7, 11) is 1.68. The van der Waals surface area contributed by atoms with E-state index >= 15 is 0 Å². The first-order valence-electron chi connectivity index (χ1n) is 7.29. The molecule has 2 amide bonds. The molecule has 0 spiro atoms. The molecule has 0 saturated carbocycles. The molecule has 0 bridgehead atoms. The van der Waals surface area contributed by atoms with Crippen LogP contribution in [0.25, 0.3) is 0 Å². The molecule has 0 aromatic heterocycles. The number of hydrogen-bond acceptors (Lipinski definition) is 2. The minimum Gasteiger partial charge on any atom is -0.352 e. The van der Waals surface area contributed by atoms with Gasteiger partial charge >= 0.3 is 0 Å². The summed E-state index contributed by atoms with van der Waals surface area (Å²) in [6, 6.07) is 13.3. The molecule has 2 aromatic carbocycles. The fraction of sp³-hybridized carbons (Fsp3) is 0.222. The van der Waals surface area contributed by atoms with Crippen LogP contribution in [0.2, 0.25) is 0 Å². The molecule has 23 heavy (non-hydrogen) atoms. The first kappa shape index (κ1) is 16.7. The minimum atomic E-state index is -0.314. The van der Waals surface area contributed by atoms with Crippen LogP contribution in [0.5, 0.6) is 0 Å². The summed E-state index contributed by atoms with van der Waals surface area (Å²) >= 11 is 0. The molecule has 0 aliphatic rings. The van der Waals surface area contributed by atoms with E-state index < -0.39 is 0 Å². The number of nitrogens with one attached hydrogen (secondary N) is 1. The molecular weight excluding hydrogens is 295 g/mol. The zero-order valence-corrected chi connectivity index (χ0v) is 13.2. The minimum absolute atomic E-state index is 0.0972. The van der Waals surface area contributed by atoms with Crippen LogP contribution in [0.1, 0.15) is 28.4 Å². The quantitative estimate of drug-likeness (QED) is 0.922. The molecule has 0 radical (unpaired) electrons. The van der Waals surface area contributed by atoms with Crippen molar-refractivity contribution in [3.05, 3.63) is 71.0 Å². The molecule has 0 atom stereocenters. The molecule has 0 fully saturated rings. The van der Waals surface area contributed by atoms with Crippen molar-refractivity contribution in [1.29, 1.82) is 0 Å². The molecule has 0 aliphatic heterocycles. The zero-order valence-electron chi connectivity index (χ0n) is 13.2. The summed E-state index contributed by atoms with van der Waals surface area (Å²) in [5, 5.41) is 2.70. The Balaban J connectivity index is 2.00. The monoisotopic (exact) mass is 314 g/mol. The molecule has 0 unspecified atom stereocenters. The third kappa shape index (κ3) is 4.92. The van der Waals surface area contributed by atoms with E-state index in [0.717, 1.165) is 11.1 Å². The third-order valence-corrected chi connectivity index (χ3v) is 3.40. The number of nitrogens with zero attached hydrogens (tertiary/aromatic N) is 1. The van der Waals surface area contributed by atoms with Crippen molar-refractivity contribution >= 4 is 11.8 Å². The van der Waals surface area contributed by atoms with Crippen molar-refractivity contribution in [2.75, 3.05) is 7.05 Å². The Morgan fingerprint density at radius 2 is 1.78 bits per heavy atom. The van der Waals surface area contributed by atoms with Crippen LogP contribution in [0, 0.1) is 5.82 Å². The van der Waals surface area contributed by atoms with Crippen LogP contribution < -0.4 is 5.32 Å². The Kier molecular flexibility index (Phi) is 5.46. The highest BCUT2D eigenvalue weighted by molar-refractivity contribution is 5.94. The summed E-state index contributed by atoms with van der Waals surface area (Å²) in [5.74, 6) is -0.550. The predicted molar refractivity (Wildman–Crippen MR) is 86.2 cm³/mol. The van der Waals surface area contributed by atoms with Crippen LogP contribution in [-0.2, 0) is 17.9 Å². The highest BCUT2D eigenvalue weighted by atomic mass is 19.1. The van der Waals surface area contributed by atoms with Gasteiger partial charge in [-0.3, -0.25) is 9.59 Å². The number of halogens is 1. The highest BCUT2D eigenvalue weighted by Crippen LogP contribution is 2.11. The summed E-state index contributed by atoms with van der Waals surface area (Å²) < 4.78 is 13.2. The Morgan fingerprint density at radius 1 is 1.09 bits per heavy atom. The van der Waals surface area contributed by atoms with Gasteiger partial charge in [-0.05, 0) is 35.4 Å². The first-order valence-corrected chi connectivity index (χ1v) is 7.29. The van der Waals surface area contributed by atoms with Crippen molar-refractivity contribution in [3.8, 4) is 0 Å². The molecule has 5 heteroatoms. The van der Waals surface area contributed by atoms with E-state index in [0.29, 0.717) is 18.7 Å². The maximum Gasteiger partial charge on any atom is 0.253 e. The molecule has 0 saturated heterocycles. The lowest BCUT2D eigenvalue weighted by Gasteiger charge is -2.17. The number of carbonyl (C=O) groups is 2. The zero-order chi connectivity index (χ0) is 16.8. The number of rotatable bonds is 5. The van der Waals surface area contributed by atoms with Gasteiger partial charge in [0.05, 0.1) is 0 Å². The van der Waals surface area contributed by atoms with Crippen molar-refractivity contribution < 1.29 is 14.0 Å². The number of benzene rings is 2. The number of amides is 2. The Labute approximate surface area is 134 Å². The second-order valence-electron chi connectivity index (χ2n) is 5.40. The lowest BCUT2D eigenvalue weighted by Crippen LogP contribution is -2.26. The lowest BCUT2D eigenvalue weighted by atomic mass is 10.1. The van der Waals surface area contributed by atoms with Gasteiger partial charge < -0.3 is 10.2 Å².